The third kappa shape index (κ3) is 3.72. The molecular weight excluding hydrogens is 226 g/mol. The molecule has 1 aromatic carbocycles. The van der Waals surface area contributed by atoms with E-state index in [1.54, 1.807) is 7.11 Å². The SMILES string of the molecule is COc1ccc(CNCC2CCC(C)(C)O2)cc1. The average Bonchev–Trinajstić information content (AvgIpc) is 2.70. The van der Waals surface area contributed by atoms with E-state index >= 15 is 0 Å². The maximum absolute atomic E-state index is 5.94. The van der Waals surface area contributed by atoms with Crippen LogP contribution in [0.4, 0.5) is 0 Å². The predicted octanol–water partition coefficient (Wildman–Crippen LogP) is 2.74. The van der Waals surface area contributed by atoms with Crippen LogP contribution in [-0.4, -0.2) is 25.4 Å². The molecule has 0 aromatic heterocycles. The van der Waals surface area contributed by atoms with E-state index < -0.39 is 0 Å². The summed E-state index contributed by atoms with van der Waals surface area (Å²) in [5.41, 5.74) is 1.33. The first kappa shape index (κ1) is 13.4. The van der Waals surface area contributed by atoms with Crippen LogP contribution in [0.3, 0.4) is 0 Å². The molecule has 0 saturated carbocycles. The molecule has 1 aromatic rings. The number of methoxy groups -OCH3 is 1. The van der Waals surface area contributed by atoms with Crippen molar-refractivity contribution in [2.24, 2.45) is 0 Å². The number of benzene rings is 1. The first-order valence-corrected chi connectivity index (χ1v) is 6.60. The summed E-state index contributed by atoms with van der Waals surface area (Å²) >= 11 is 0. The zero-order chi connectivity index (χ0) is 13.0. The van der Waals surface area contributed by atoms with Crippen LogP contribution in [-0.2, 0) is 11.3 Å². The number of hydrogen-bond acceptors (Lipinski definition) is 3. The summed E-state index contributed by atoms with van der Waals surface area (Å²) in [5, 5.41) is 3.45. The summed E-state index contributed by atoms with van der Waals surface area (Å²) < 4.78 is 11.1. The summed E-state index contributed by atoms with van der Waals surface area (Å²) in [7, 11) is 1.69. The summed E-state index contributed by atoms with van der Waals surface area (Å²) in [6.07, 6.45) is 2.67. The molecule has 1 heterocycles. The fourth-order valence-electron chi connectivity index (χ4n) is 2.34. The molecule has 1 saturated heterocycles. The van der Waals surface area contributed by atoms with Crippen LogP contribution < -0.4 is 10.1 Å². The van der Waals surface area contributed by atoms with Crippen LogP contribution in [0.25, 0.3) is 0 Å². The molecule has 1 aliphatic heterocycles. The maximum Gasteiger partial charge on any atom is 0.118 e. The van der Waals surface area contributed by atoms with Crippen LogP contribution in [0.2, 0.25) is 0 Å². The molecule has 1 unspecified atom stereocenters. The molecule has 1 atom stereocenters. The molecule has 0 radical (unpaired) electrons. The van der Waals surface area contributed by atoms with E-state index in [0.717, 1.165) is 31.7 Å². The highest BCUT2D eigenvalue weighted by atomic mass is 16.5. The molecule has 1 fully saturated rings. The van der Waals surface area contributed by atoms with Gasteiger partial charge >= 0.3 is 0 Å². The molecule has 0 aliphatic carbocycles. The fraction of sp³-hybridized carbons (Fsp3) is 0.600. The Labute approximate surface area is 109 Å². The zero-order valence-corrected chi connectivity index (χ0v) is 11.5. The van der Waals surface area contributed by atoms with E-state index in [2.05, 4.69) is 31.3 Å². The first-order chi connectivity index (χ1) is 8.59. The molecule has 0 bridgehead atoms. The van der Waals surface area contributed by atoms with Crippen LogP contribution in [0, 0.1) is 0 Å². The second kappa shape index (κ2) is 5.72. The van der Waals surface area contributed by atoms with Gasteiger partial charge < -0.3 is 14.8 Å². The summed E-state index contributed by atoms with van der Waals surface area (Å²) in [4.78, 5) is 0. The normalized spacial score (nSPS) is 22.1. The van der Waals surface area contributed by atoms with Crippen molar-refractivity contribution in [3.05, 3.63) is 29.8 Å². The number of nitrogens with one attached hydrogen (secondary N) is 1. The Morgan fingerprint density at radius 3 is 2.61 bits per heavy atom. The van der Waals surface area contributed by atoms with Crippen LogP contribution >= 0.6 is 0 Å². The molecule has 0 spiro atoms. The Kier molecular flexibility index (Phi) is 4.25. The van der Waals surface area contributed by atoms with Crippen molar-refractivity contribution in [1.82, 2.24) is 5.32 Å². The Hall–Kier alpha value is -1.06. The lowest BCUT2D eigenvalue weighted by molar-refractivity contribution is -0.0142. The number of ether oxygens (including phenoxy) is 2. The minimum atomic E-state index is 0.0620. The molecule has 2 rings (SSSR count). The average molecular weight is 249 g/mol. The standard InChI is InChI=1S/C15H23NO2/c1-15(2)9-8-14(18-15)11-16-10-12-4-6-13(17-3)7-5-12/h4-7,14,16H,8-11H2,1-3H3. The van der Waals surface area contributed by atoms with Gasteiger partial charge in [0.05, 0.1) is 18.8 Å². The third-order valence-electron chi connectivity index (χ3n) is 3.41. The Morgan fingerprint density at radius 1 is 1.33 bits per heavy atom. The lowest BCUT2D eigenvalue weighted by Gasteiger charge is -2.19. The van der Waals surface area contributed by atoms with E-state index in [4.69, 9.17) is 9.47 Å². The Bertz CT molecular complexity index is 373. The molecule has 1 N–H and O–H groups in total. The van der Waals surface area contributed by atoms with Gasteiger partial charge in [0.1, 0.15) is 5.75 Å². The molecular formula is C15H23NO2. The van der Waals surface area contributed by atoms with E-state index in [-0.39, 0.29) is 5.60 Å². The highest BCUT2D eigenvalue weighted by molar-refractivity contribution is 5.26. The highest BCUT2D eigenvalue weighted by Gasteiger charge is 2.30. The van der Waals surface area contributed by atoms with Crippen molar-refractivity contribution in [2.45, 2.75) is 44.9 Å². The van der Waals surface area contributed by atoms with E-state index in [1.807, 2.05) is 12.1 Å². The predicted molar refractivity (Wildman–Crippen MR) is 72.9 cm³/mol. The van der Waals surface area contributed by atoms with Gasteiger partial charge in [-0.3, -0.25) is 0 Å². The van der Waals surface area contributed by atoms with Gasteiger partial charge in [0.2, 0.25) is 0 Å². The van der Waals surface area contributed by atoms with E-state index in [0.29, 0.717) is 6.10 Å². The lowest BCUT2D eigenvalue weighted by Crippen LogP contribution is -2.29. The minimum absolute atomic E-state index is 0.0620. The molecule has 0 amide bonds. The van der Waals surface area contributed by atoms with Gasteiger partial charge in [0.15, 0.2) is 0 Å². The summed E-state index contributed by atoms with van der Waals surface area (Å²) in [6.45, 7) is 6.13. The fourth-order valence-corrected chi connectivity index (χ4v) is 2.34. The zero-order valence-electron chi connectivity index (χ0n) is 11.5. The van der Waals surface area contributed by atoms with Gasteiger partial charge in [-0.15, -0.1) is 0 Å². The lowest BCUT2D eigenvalue weighted by atomic mass is 10.1. The van der Waals surface area contributed by atoms with Crippen molar-refractivity contribution >= 4 is 0 Å². The van der Waals surface area contributed by atoms with Crippen molar-refractivity contribution in [3.8, 4) is 5.75 Å². The molecule has 100 valence electrons. The second-order valence-corrected chi connectivity index (χ2v) is 5.52. The number of rotatable bonds is 5. The second-order valence-electron chi connectivity index (χ2n) is 5.52. The van der Waals surface area contributed by atoms with Crippen molar-refractivity contribution < 1.29 is 9.47 Å². The first-order valence-electron chi connectivity index (χ1n) is 6.60. The van der Waals surface area contributed by atoms with Crippen molar-refractivity contribution in [3.63, 3.8) is 0 Å². The van der Waals surface area contributed by atoms with E-state index in [9.17, 15) is 0 Å². The Morgan fingerprint density at radius 2 is 2.06 bits per heavy atom. The molecule has 1 aliphatic rings. The quantitative estimate of drug-likeness (QED) is 0.870. The molecule has 18 heavy (non-hydrogen) atoms. The molecule has 3 nitrogen and oxygen atoms in total. The van der Waals surface area contributed by atoms with Gasteiger partial charge in [0.25, 0.3) is 0 Å². The van der Waals surface area contributed by atoms with Gasteiger partial charge in [0, 0.05) is 13.1 Å². The summed E-state index contributed by atoms with van der Waals surface area (Å²) in [5.74, 6) is 0.902. The summed E-state index contributed by atoms with van der Waals surface area (Å²) in [6, 6.07) is 8.16. The highest BCUT2D eigenvalue weighted by Crippen LogP contribution is 2.28. The van der Waals surface area contributed by atoms with Gasteiger partial charge in [-0.25, -0.2) is 0 Å². The monoisotopic (exact) mass is 249 g/mol. The Balaban J connectivity index is 1.72. The smallest absolute Gasteiger partial charge is 0.118 e. The number of hydrogen-bond donors (Lipinski definition) is 1. The largest absolute Gasteiger partial charge is 0.497 e. The molecule has 3 heteroatoms. The maximum atomic E-state index is 5.94. The van der Waals surface area contributed by atoms with Crippen molar-refractivity contribution in [2.75, 3.05) is 13.7 Å². The van der Waals surface area contributed by atoms with Gasteiger partial charge in [-0.05, 0) is 44.4 Å². The topological polar surface area (TPSA) is 30.5 Å². The van der Waals surface area contributed by atoms with Gasteiger partial charge in [-0.2, -0.15) is 0 Å². The van der Waals surface area contributed by atoms with Crippen LogP contribution in [0.15, 0.2) is 24.3 Å². The third-order valence-corrected chi connectivity index (χ3v) is 3.41. The van der Waals surface area contributed by atoms with Crippen LogP contribution in [0.1, 0.15) is 32.3 Å². The van der Waals surface area contributed by atoms with Gasteiger partial charge in [-0.1, -0.05) is 12.1 Å². The van der Waals surface area contributed by atoms with Crippen molar-refractivity contribution in [1.29, 1.82) is 0 Å². The van der Waals surface area contributed by atoms with E-state index in [1.165, 1.54) is 5.56 Å². The van der Waals surface area contributed by atoms with Crippen LogP contribution in [0.5, 0.6) is 5.75 Å². The minimum Gasteiger partial charge on any atom is -0.497 e.